The van der Waals surface area contributed by atoms with Crippen LogP contribution in [0.4, 0.5) is 5.69 Å². The van der Waals surface area contributed by atoms with Crippen LogP contribution in [0.1, 0.15) is 5.69 Å². The zero-order valence-corrected chi connectivity index (χ0v) is 7.98. The smallest absolute Gasteiger partial charge is 0.240 e. The van der Waals surface area contributed by atoms with Gasteiger partial charge in [0.15, 0.2) is 0 Å². The third-order valence-electron chi connectivity index (χ3n) is 2.19. The van der Waals surface area contributed by atoms with E-state index in [0.29, 0.717) is 5.69 Å². The molecule has 0 aliphatic heterocycles. The Bertz CT molecular complexity index is 536. The van der Waals surface area contributed by atoms with E-state index in [0.717, 1.165) is 16.6 Å². The lowest BCUT2D eigenvalue weighted by Gasteiger charge is -1.96. The molecule has 0 aliphatic carbocycles. The molecule has 1 heterocycles. The van der Waals surface area contributed by atoms with Gasteiger partial charge in [-0.15, -0.1) is 0 Å². The molecule has 0 amide bonds. The molecule has 0 N–H and O–H groups in total. The number of aliphatic imine (C=N–C) groups is 1. The zero-order valence-electron chi connectivity index (χ0n) is 7.98. The number of aromatic nitrogens is 2. The summed E-state index contributed by atoms with van der Waals surface area (Å²) < 4.78 is 1.72. The van der Waals surface area contributed by atoms with Crippen LogP contribution in [0, 0.1) is 6.92 Å². The highest BCUT2D eigenvalue weighted by Crippen LogP contribution is 2.26. The number of aryl methyl sites for hydroxylation is 2. The van der Waals surface area contributed by atoms with Crippen LogP contribution in [-0.2, 0) is 11.8 Å². The van der Waals surface area contributed by atoms with Crippen LogP contribution >= 0.6 is 0 Å². The second kappa shape index (κ2) is 3.09. The summed E-state index contributed by atoms with van der Waals surface area (Å²) in [5.41, 5.74) is 2.42. The first-order valence-corrected chi connectivity index (χ1v) is 4.24. The molecule has 4 nitrogen and oxygen atoms in total. The van der Waals surface area contributed by atoms with Gasteiger partial charge in [-0.05, 0) is 13.0 Å². The van der Waals surface area contributed by atoms with E-state index in [2.05, 4.69) is 10.1 Å². The molecule has 2 aromatic rings. The molecule has 4 heteroatoms. The highest BCUT2D eigenvalue weighted by Gasteiger charge is 2.07. The molecule has 70 valence electrons. The summed E-state index contributed by atoms with van der Waals surface area (Å²) in [6, 6.07) is 5.59. The second-order valence-corrected chi connectivity index (χ2v) is 3.09. The van der Waals surface area contributed by atoms with Crippen molar-refractivity contribution in [2.45, 2.75) is 6.92 Å². The molecule has 0 radical (unpaired) electrons. The van der Waals surface area contributed by atoms with Crippen molar-refractivity contribution in [2.75, 3.05) is 0 Å². The largest absolute Gasteiger partial charge is 0.265 e. The van der Waals surface area contributed by atoms with Gasteiger partial charge in [0.05, 0.1) is 11.2 Å². The van der Waals surface area contributed by atoms with Gasteiger partial charge >= 0.3 is 0 Å². The van der Waals surface area contributed by atoms with E-state index in [1.165, 1.54) is 0 Å². The van der Waals surface area contributed by atoms with Gasteiger partial charge in [-0.3, -0.25) is 4.68 Å². The quantitative estimate of drug-likeness (QED) is 0.505. The first-order chi connectivity index (χ1) is 6.74. The first kappa shape index (κ1) is 8.66. The maximum absolute atomic E-state index is 10.2. The fraction of sp³-hybridized carbons (Fsp3) is 0.200. The van der Waals surface area contributed by atoms with Crippen molar-refractivity contribution in [1.82, 2.24) is 9.78 Å². The van der Waals surface area contributed by atoms with Crippen molar-refractivity contribution in [3.63, 3.8) is 0 Å². The highest BCUT2D eigenvalue weighted by molar-refractivity contribution is 5.91. The van der Waals surface area contributed by atoms with Gasteiger partial charge in [0.25, 0.3) is 0 Å². The number of nitrogens with zero attached hydrogens (tertiary/aromatic N) is 3. The van der Waals surface area contributed by atoms with E-state index >= 15 is 0 Å². The Kier molecular flexibility index (Phi) is 1.91. The van der Waals surface area contributed by atoms with E-state index in [1.54, 1.807) is 16.8 Å². The van der Waals surface area contributed by atoms with Crippen molar-refractivity contribution in [3.8, 4) is 0 Å². The lowest BCUT2D eigenvalue weighted by molar-refractivity contribution is 0.565. The van der Waals surface area contributed by atoms with E-state index in [1.807, 2.05) is 26.1 Å². The Morgan fingerprint density at radius 3 is 3.00 bits per heavy atom. The van der Waals surface area contributed by atoms with Crippen LogP contribution < -0.4 is 0 Å². The van der Waals surface area contributed by atoms with Gasteiger partial charge < -0.3 is 0 Å². The highest BCUT2D eigenvalue weighted by atomic mass is 16.1. The SMILES string of the molecule is Cc1nn(C)c2c(N=C=O)cccc12. The van der Waals surface area contributed by atoms with E-state index < -0.39 is 0 Å². The molecule has 0 saturated carbocycles. The third kappa shape index (κ3) is 1.13. The van der Waals surface area contributed by atoms with Gasteiger partial charge in [-0.2, -0.15) is 10.1 Å². The molecular formula is C10H9N3O. The average molecular weight is 187 g/mol. The minimum absolute atomic E-state index is 0.612. The Balaban J connectivity index is 2.91. The fourth-order valence-corrected chi connectivity index (χ4v) is 1.63. The van der Waals surface area contributed by atoms with Gasteiger partial charge in [0, 0.05) is 12.4 Å². The molecular weight excluding hydrogens is 178 g/mol. The molecule has 0 aliphatic rings. The average Bonchev–Trinajstić information content (AvgIpc) is 2.44. The molecule has 0 unspecified atom stereocenters. The second-order valence-electron chi connectivity index (χ2n) is 3.09. The predicted molar refractivity (Wildman–Crippen MR) is 53.2 cm³/mol. The standard InChI is InChI=1S/C10H9N3O/c1-7-8-4-3-5-9(11-6-14)10(8)13(2)12-7/h3-5H,1-2H3. The van der Waals surface area contributed by atoms with Crippen molar-refractivity contribution in [1.29, 1.82) is 0 Å². The molecule has 14 heavy (non-hydrogen) atoms. The van der Waals surface area contributed by atoms with E-state index in [9.17, 15) is 4.79 Å². The van der Waals surface area contributed by atoms with Crippen LogP contribution in [0.2, 0.25) is 0 Å². The molecule has 0 saturated heterocycles. The van der Waals surface area contributed by atoms with Crippen LogP contribution in [0.3, 0.4) is 0 Å². The topological polar surface area (TPSA) is 47.2 Å². The number of rotatable bonds is 1. The lowest BCUT2D eigenvalue weighted by atomic mass is 10.2. The Morgan fingerprint density at radius 2 is 2.29 bits per heavy atom. The molecule has 0 bridgehead atoms. The summed E-state index contributed by atoms with van der Waals surface area (Å²) >= 11 is 0. The van der Waals surface area contributed by atoms with Crippen LogP contribution in [0.25, 0.3) is 10.9 Å². The summed E-state index contributed by atoms with van der Waals surface area (Å²) in [4.78, 5) is 13.9. The van der Waals surface area contributed by atoms with Crippen molar-refractivity contribution in [2.24, 2.45) is 12.0 Å². The van der Waals surface area contributed by atoms with Gasteiger partial charge in [-0.25, -0.2) is 4.79 Å². The normalized spacial score (nSPS) is 10.1. The van der Waals surface area contributed by atoms with Crippen molar-refractivity contribution < 1.29 is 4.79 Å². The minimum Gasteiger partial charge on any atom is -0.265 e. The third-order valence-corrected chi connectivity index (χ3v) is 2.19. The molecule has 1 aromatic carbocycles. The number of carbonyl (C=O) groups excluding carboxylic acids is 1. The van der Waals surface area contributed by atoms with Gasteiger partial charge in [0.1, 0.15) is 5.69 Å². The van der Waals surface area contributed by atoms with E-state index in [4.69, 9.17) is 0 Å². The van der Waals surface area contributed by atoms with Crippen molar-refractivity contribution >= 4 is 22.7 Å². The Hall–Kier alpha value is -1.93. The number of hydrogen-bond donors (Lipinski definition) is 0. The number of benzene rings is 1. The fourth-order valence-electron chi connectivity index (χ4n) is 1.63. The van der Waals surface area contributed by atoms with Crippen LogP contribution in [0.15, 0.2) is 23.2 Å². The first-order valence-electron chi connectivity index (χ1n) is 4.24. The summed E-state index contributed by atoms with van der Waals surface area (Å²) in [5, 5.41) is 5.28. The van der Waals surface area contributed by atoms with Gasteiger partial charge in [-0.1, -0.05) is 12.1 Å². The van der Waals surface area contributed by atoms with Crippen LogP contribution in [0.5, 0.6) is 0 Å². The zero-order chi connectivity index (χ0) is 10.1. The lowest BCUT2D eigenvalue weighted by Crippen LogP contribution is -1.89. The van der Waals surface area contributed by atoms with Gasteiger partial charge in [0.2, 0.25) is 6.08 Å². The van der Waals surface area contributed by atoms with Crippen LogP contribution in [-0.4, -0.2) is 15.9 Å². The Morgan fingerprint density at radius 1 is 1.50 bits per heavy atom. The van der Waals surface area contributed by atoms with Crippen molar-refractivity contribution in [3.05, 3.63) is 23.9 Å². The minimum atomic E-state index is 0.612. The predicted octanol–water partition coefficient (Wildman–Crippen LogP) is 1.85. The maximum Gasteiger partial charge on any atom is 0.240 e. The number of fused-ring (bicyclic) bond motifs is 1. The number of para-hydroxylation sites is 1. The molecule has 2 rings (SSSR count). The number of hydrogen-bond acceptors (Lipinski definition) is 3. The van der Waals surface area contributed by atoms with E-state index in [-0.39, 0.29) is 0 Å². The molecule has 0 fully saturated rings. The molecule has 0 atom stereocenters. The summed E-state index contributed by atoms with van der Waals surface area (Å²) in [7, 11) is 1.83. The summed E-state index contributed by atoms with van der Waals surface area (Å²) in [5.74, 6) is 0. The molecule has 0 spiro atoms. The molecule has 1 aromatic heterocycles. The Labute approximate surface area is 80.9 Å². The number of isocyanates is 1. The maximum atomic E-state index is 10.2. The monoisotopic (exact) mass is 187 g/mol. The summed E-state index contributed by atoms with van der Waals surface area (Å²) in [6.45, 7) is 1.93. The summed E-state index contributed by atoms with van der Waals surface area (Å²) in [6.07, 6.45) is 1.55.